The predicted octanol–water partition coefficient (Wildman–Crippen LogP) is 3.59. The Morgan fingerprint density at radius 1 is 1.27 bits per heavy atom. The van der Waals surface area contributed by atoms with Crippen molar-refractivity contribution in [1.29, 1.82) is 0 Å². The Bertz CT molecular complexity index is 563. The number of aliphatic hydroxyl groups excluding tert-OH is 1. The molecule has 1 aromatic rings. The fourth-order valence-corrected chi connectivity index (χ4v) is 4.38. The van der Waals surface area contributed by atoms with E-state index in [0.29, 0.717) is 24.4 Å². The standard InChI is InChI=1S/C19H26O3/c1-12-9-13(2)19(10-20)11-22-18(17(12)14(19)3)15-5-7-16(21-4)8-6-15/h5-9,13-14,17-18,20H,10-11H2,1-4H3/t13-,14+,17-,18-,19+/m0/s1. The maximum Gasteiger partial charge on any atom is 0.118 e. The summed E-state index contributed by atoms with van der Waals surface area (Å²) in [5, 5.41) is 10.0. The highest BCUT2D eigenvalue weighted by atomic mass is 16.5. The normalized spacial score (nSPS) is 37.6. The third kappa shape index (κ3) is 2.19. The Morgan fingerprint density at radius 2 is 1.95 bits per heavy atom. The number of allylic oxidation sites excluding steroid dienone is 1. The molecule has 1 N–H and O–H groups in total. The highest BCUT2D eigenvalue weighted by molar-refractivity contribution is 5.32. The van der Waals surface area contributed by atoms with Crippen LogP contribution in [0.2, 0.25) is 0 Å². The number of aliphatic hydroxyl groups is 1. The van der Waals surface area contributed by atoms with Crippen LogP contribution < -0.4 is 4.74 Å². The first-order chi connectivity index (χ1) is 10.5. The summed E-state index contributed by atoms with van der Waals surface area (Å²) in [6.07, 6.45) is 2.39. The monoisotopic (exact) mass is 302 g/mol. The lowest BCUT2D eigenvalue weighted by atomic mass is 9.56. The van der Waals surface area contributed by atoms with Crippen LogP contribution in [0.3, 0.4) is 0 Å². The van der Waals surface area contributed by atoms with E-state index in [1.54, 1.807) is 7.11 Å². The minimum Gasteiger partial charge on any atom is -0.497 e. The molecule has 0 unspecified atom stereocenters. The lowest BCUT2D eigenvalue weighted by Crippen LogP contribution is -2.53. The molecule has 1 aromatic carbocycles. The third-order valence-electron chi connectivity index (χ3n) is 5.99. The van der Waals surface area contributed by atoms with Crippen molar-refractivity contribution in [2.75, 3.05) is 20.3 Å². The molecule has 3 heteroatoms. The summed E-state index contributed by atoms with van der Waals surface area (Å²) in [5.41, 5.74) is 2.42. The lowest BCUT2D eigenvalue weighted by Gasteiger charge is -2.55. The fraction of sp³-hybridized carbons (Fsp3) is 0.579. The van der Waals surface area contributed by atoms with Gasteiger partial charge in [0.15, 0.2) is 0 Å². The first-order valence-corrected chi connectivity index (χ1v) is 8.08. The molecule has 120 valence electrons. The molecule has 0 spiro atoms. The summed E-state index contributed by atoms with van der Waals surface area (Å²) >= 11 is 0. The molecule has 5 atom stereocenters. The number of benzene rings is 1. The molecule has 2 aliphatic rings. The molecule has 3 rings (SSSR count). The third-order valence-corrected chi connectivity index (χ3v) is 5.99. The summed E-state index contributed by atoms with van der Waals surface area (Å²) in [7, 11) is 1.68. The van der Waals surface area contributed by atoms with E-state index < -0.39 is 0 Å². The zero-order valence-electron chi connectivity index (χ0n) is 13.9. The average molecular weight is 302 g/mol. The SMILES string of the molecule is COc1ccc([C@@H]2OC[C@@]3(CO)[C@H](C)[C@@H]2C(C)=C[C@@H]3C)cc1. The molecule has 0 amide bonds. The maximum atomic E-state index is 10.0. The number of ether oxygens (including phenoxy) is 2. The molecule has 1 saturated heterocycles. The molecular weight excluding hydrogens is 276 g/mol. The highest BCUT2D eigenvalue weighted by Gasteiger charge is 2.53. The Kier molecular flexibility index (Phi) is 4.04. The summed E-state index contributed by atoms with van der Waals surface area (Å²) < 4.78 is 11.5. The van der Waals surface area contributed by atoms with Crippen LogP contribution >= 0.6 is 0 Å². The number of fused-ring (bicyclic) bond motifs is 2. The van der Waals surface area contributed by atoms with Gasteiger partial charge in [0.2, 0.25) is 0 Å². The molecule has 1 aliphatic carbocycles. The average Bonchev–Trinajstić information content (AvgIpc) is 2.53. The molecule has 1 fully saturated rings. The number of rotatable bonds is 3. The summed E-state index contributed by atoms with van der Waals surface area (Å²) in [6.45, 7) is 7.47. The van der Waals surface area contributed by atoms with Crippen LogP contribution in [0.5, 0.6) is 5.75 Å². The van der Waals surface area contributed by atoms with Crippen LogP contribution in [0.1, 0.15) is 32.4 Å². The van der Waals surface area contributed by atoms with Crippen molar-refractivity contribution in [3.05, 3.63) is 41.5 Å². The first kappa shape index (κ1) is 15.6. The summed E-state index contributed by atoms with van der Waals surface area (Å²) in [6, 6.07) is 8.16. The van der Waals surface area contributed by atoms with Gasteiger partial charge in [-0.2, -0.15) is 0 Å². The molecule has 0 radical (unpaired) electrons. The smallest absolute Gasteiger partial charge is 0.118 e. The molecule has 3 nitrogen and oxygen atoms in total. The van der Waals surface area contributed by atoms with Crippen molar-refractivity contribution in [3.8, 4) is 5.75 Å². The van der Waals surface area contributed by atoms with Crippen molar-refractivity contribution in [2.24, 2.45) is 23.2 Å². The summed E-state index contributed by atoms with van der Waals surface area (Å²) in [5.74, 6) is 1.94. The molecule has 1 aliphatic heterocycles. The number of hydrogen-bond donors (Lipinski definition) is 1. The van der Waals surface area contributed by atoms with E-state index in [0.717, 1.165) is 5.75 Å². The van der Waals surface area contributed by atoms with Gasteiger partial charge in [0.05, 0.1) is 26.4 Å². The summed E-state index contributed by atoms with van der Waals surface area (Å²) in [4.78, 5) is 0. The molecule has 1 heterocycles. The van der Waals surface area contributed by atoms with Crippen LogP contribution in [-0.4, -0.2) is 25.4 Å². The zero-order chi connectivity index (χ0) is 15.9. The van der Waals surface area contributed by atoms with Gasteiger partial charge in [0.1, 0.15) is 5.75 Å². The quantitative estimate of drug-likeness (QED) is 0.867. The lowest BCUT2D eigenvalue weighted by molar-refractivity contribution is -0.165. The van der Waals surface area contributed by atoms with Crippen LogP contribution in [0.15, 0.2) is 35.9 Å². The Hall–Kier alpha value is -1.32. The van der Waals surface area contributed by atoms with E-state index in [1.165, 1.54) is 11.1 Å². The van der Waals surface area contributed by atoms with Crippen LogP contribution in [0.25, 0.3) is 0 Å². The van der Waals surface area contributed by atoms with E-state index in [1.807, 2.05) is 12.1 Å². The van der Waals surface area contributed by atoms with Crippen molar-refractivity contribution in [1.82, 2.24) is 0 Å². The molecule has 2 bridgehead atoms. The van der Waals surface area contributed by atoms with E-state index in [9.17, 15) is 5.11 Å². The van der Waals surface area contributed by atoms with Crippen molar-refractivity contribution >= 4 is 0 Å². The van der Waals surface area contributed by atoms with E-state index in [-0.39, 0.29) is 18.1 Å². The van der Waals surface area contributed by atoms with Crippen LogP contribution in [0, 0.1) is 23.2 Å². The van der Waals surface area contributed by atoms with Gasteiger partial charge in [0, 0.05) is 11.3 Å². The molecule has 0 saturated carbocycles. The Balaban J connectivity index is 1.97. The van der Waals surface area contributed by atoms with Gasteiger partial charge in [-0.1, -0.05) is 37.6 Å². The number of methoxy groups -OCH3 is 1. The van der Waals surface area contributed by atoms with E-state index in [2.05, 4.69) is 39.0 Å². The van der Waals surface area contributed by atoms with E-state index in [4.69, 9.17) is 9.47 Å². The molecule has 22 heavy (non-hydrogen) atoms. The largest absolute Gasteiger partial charge is 0.497 e. The maximum absolute atomic E-state index is 10.0. The Labute approximate surface area is 132 Å². The zero-order valence-corrected chi connectivity index (χ0v) is 13.9. The predicted molar refractivity (Wildman–Crippen MR) is 86.8 cm³/mol. The van der Waals surface area contributed by atoms with Crippen molar-refractivity contribution in [3.63, 3.8) is 0 Å². The van der Waals surface area contributed by atoms with Gasteiger partial charge >= 0.3 is 0 Å². The minimum atomic E-state index is -0.146. The van der Waals surface area contributed by atoms with E-state index >= 15 is 0 Å². The Morgan fingerprint density at radius 3 is 2.55 bits per heavy atom. The van der Waals surface area contributed by atoms with Crippen molar-refractivity contribution < 1.29 is 14.6 Å². The first-order valence-electron chi connectivity index (χ1n) is 8.08. The number of hydrogen-bond acceptors (Lipinski definition) is 3. The highest BCUT2D eigenvalue weighted by Crippen LogP contribution is 2.55. The fourth-order valence-electron chi connectivity index (χ4n) is 4.38. The second kappa shape index (κ2) is 5.71. The van der Waals surface area contributed by atoms with Crippen LogP contribution in [-0.2, 0) is 4.74 Å². The second-order valence-electron chi connectivity index (χ2n) is 6.91. The van der Waals surface area contributed by atoms with Crippen LogP contribution in [0.4, 0.5) is 0 Å². The van der Waals surface area contributed by atoms with Gasteiger partial charge in [-0.05, 0) is 36.5 Å². The van der Waals surface area contributed by atoms with Gasteiger partial charge in [0.25, 0.3) is 0 Å². The molecular formula is C19H26O3. The minimum absolute atomic E-state index is 0.0596. The topological polar surface area (TPSA) is 38.7 Å². The van der Waals surface area contributed by atoms with Gasteiger partial charge in [-0.3, -0.25) is 0 Å². The van der Waals surface area contributed by atoms with Gasteiger partial charge in [-0.15, -0.1) is 0 Å². The van der Waals surface area contributed by atoms with Gasteiger partial charge in [-0.25, -0.2) is 0 Å². The van der Waals surface area contributed by atoms with Gasteiger partial charge < -0.3 is 14.6 Å². The van der Waals surface area contributed by atoms with Crippen molar-refractivity contribution in [2.45, 2.75) is 26.9 Å². The second-order valence-corrected chi connectivity index (χ2v) is 6.91. The molecule has 0 aromatic heterocycles.